The summed E-state index contributed by atoms with van der Waals surface area (Å²) in [6, 6.07) is 14.4. The maximum absolute atomic E-state index is 15.2. The number of fused-ring (bicyclic) bond motifs is 4. The maximum Gasteiger partial charge on any atom is 0.456 e. The molecule has 0 bridgehead atoms. The second-order valence-electron chi connectivity index (χ2n) is 13.1. The summed E-state index contributed by atoms with van der Waals surface area (Å²) in [7, 11) is 1.31. The molecule has 5 nitrogen and oxygen atoms in total. The lowest BCUT2D eigenvalue weighted by molar-refractivity contribution is -0.362. The minimum atomic E-state index is -5.88. The third kappa shape index (κ3) is 5.00. The highest BCUT2D eigenvalue weighted by Crippen LogP contribution is 2.70. The molecule has 3 unspecified atom stereocenters. The Kier molecular flexibility index (Phi) is 7.74. The van der Waals surface area contributed by atoms with Crippen LogP contribution in [0.1, 0.15) is 79.3 Å². The van der Waals surface area contributed by atoms with Gasteiger partial charge in [-0.3, -0.25) is 4.79 Å². The van der Waals surface area contributed by atoms with Crippen LogP contribution in [0.2, 0.25) is 0 Å². The highest BCUT2D eigenvalue weighted by Gasteiger charge is 2.79. The van der Waals surface area contributed by atoms with Crippen LogP contribution >= 0.6 is 0 Å². The van der Waals surface area contributed by atoms with E-state index >= 15 is 8.78 Å². The van der Waals surface area contributed by atoms with Gasteiger partial charge in [-0.15, -0.1) is 0 Å². The Balaban J connectivity index is 1.34. The first-order valence-electron chi connectivity index (χ1n) is 15.3. The van der Waals surface area contributed by atoms with E-state index < -0.39 is 47.3 Å². The van der Waals surface area contributed by atoms with Gasteiger partial charge in [0.1, 0.15) is 5.60 Å². The Bertz CT molecular complexity index is 1560. The zero-order chi connectivity index (χ0) is 32.4. The van der Waals surface area contributed by atoms with Crippen molar-refractivity contribution in [2.45, 2.75) is 82.0 Å². The predicted molar refractivity (Wildman–Crippen MR) is 158 cm³/mol. The lowest BCUT2D eigenvalue weighted by Gasteiger charge is -2.56. The number of alkyl halides is 5. The number of allylic oxidation sites excluding steroid dienone is 4. The van der Waals surface area contributed by atoms with Gasteiger partial charge in [0.05, 0.1) is 12.7 Å². The van der Waals surface area contributed by atoms with Gasteiger partial charge in [-0.25, -0.2) is 4.79 Å². The number of hydrogen-bond donors (Lipinski definition) is 2. The molecular formula is C35H36F5NO4. The molecule has 0 heterocycles. The number of carbonyl (C=O) groups excluding carboxylic acids is 2. The molecule has 240 valence electrons. The van der Waals surface area contributed by atoms with E-state index in [0.29, 0.717) is 37.8 Å². The lowest BCUT2D eigenvalue weighted by atomic mass is 9.50. The fraction of sp³-hybridized carbons (Fsp3) is 0.486. The smallest absolute Gasteiger partial charge is 0.456 e. The first-order chi connectivity index (χ1) is 21.2. The van der Waals surface area contributed by atoms with Gasteiger partial charge in [-0.05, 0) is 103 Å². The van der Waals surface area contributed by atoms with Crippen molar-refractivity contribution in [1.29, 1.82) is 0 Å². The number of ketones is 1. The highest BCUT2D eigenvalue weighted by atomic mass is 19.4. The Hall–Kier alpha value is -3.53. The van der Waals surface area contributed by atoms with Crippen LogP contribution in [0, 0.1) is 17.3 Å². The number of rotatable bonds is 6. The molecular weight excluding hydrogens is 593 g/mol. The largest absolute Gasteiger partial charge is 0.465 e. The van der Waals surface area contributed by atoms with Crippen molar-refractivity contribution in [1.82, 2.24) is 0 Å². The van der Waals surface area contributed by atoms with E-state index in [1.807, 2.05) is 24.3 Å². The van der Waals surface area contributed by atoms with Crippen LogP contribution < -0.4 is 5.32 Å². The zero-order valence-electron chi connectivity index (χ0n) is 25.1. The Morgan fingerprint density at radius 3 is 2.33 bits per heavy atom. The van der Waals surface area contributed by atoms with Gasteiger partial charge in [0.15, 0.2) is 5.78 Å². The molecule has 0 radical (unpaired) electrons. The van der Waals surface area contributed by atoms with Crippen molar-refractivity contribution in [2.24, 2.45) is 17.3 Å². The molecule has 6 rings (SSSR count). The molecule has 0 amide bonds. The standard InChI is InChI=1S/C35H36F5NO4/c1-32-18-28(21-5-3-20(4-6-21)19-41-24-10-7-22(8-11-24)31(43)45-2)30-26-14-12-25(42)17-23(26)9-13-27(30)29(32)15-16-33(32,44)34(36,37)35(38,39)40/h3-8,10-11,17,27-29,41,44H,9,12-16,18-19H2,1-2H3/t27?,28-,29?,32?,33+/m1/s1. The van der Waals surface area contributed by atoms with E-state index in [0.717, 1.165) is 33.5 Å². The highest BCUT2D eigenvalue weighted by molar-refractivity contribution is 5.93. The molecule has 0 aromatic heterocycles. The fourth-order valence-electron chi connectivity index (χ4n) is 8.63. The Morgan fingerprint density at radius 1 is 1.00 bits per heavy atom. The van der Waals surface area contributed by atoms with Crippen molar-refractivity contribution >= 4 is 17.4 Å². The molecule has 45 heavy (non-hydrogen) atoms. The van der Waals surface area contributed by atoms with Gasteiger partial charge in [0.2, 0.25) is 0 Å². The minimum Gasteiger partial charge on any atom is -0.465 e. The van der Waals surface area contributed by atoms with Gasteiger partial charge in [0, 0.05) is 30.0 Å². The number of benzene rings is 2. The molecule has 5 atom stereocenters. The molecule has 2 N–H and O–H groups in total. The second-order valence-corrected chi connectivity index (χ2v) is 13.1. The van der Waals surface area contributed by atoms with E-state index in [1.54, 1.807) is 30.3 Å². The fourth-order valence-corrected chi connectivity index (χ4v) is 8.63. The van der Waals surface area contributed by atoms with Gasteiger partial charge in [-0.2, -0.15) is 22.0 Å². The average molecular weight is 630 g/mol. The van der Waals surface area contributed by atoms with Gasteiger partial charge in [0.25, 0.3) is 0 Å². The maximum atomic E-state index is 15.2. The summed E-state index contributed by atoms with van der Waals surface area (Å²) in [4.78, 5) is 24.0. The number of carbonyl (C=O) groups is 2. The van der Waals surface area contributed by atoms with Gasteiger partial charge in [-0.1, -0.05) is 36.8 Å². The number of ether oxygens (including phenoxy) is 1. The quantitative estimate of drug-likeness (QED) is 0.251. The first kappa shape index (κ1) is 31.5. The molecule has 4 aliphatic rings. The molecule has 0 saturated heterocycles. The predicted octanol–water partition coefficient (Wildman–Crippen LogP) is 7.91. The number of methoxy groups -OCH3 is 1. The average Bonchev–Trinajstić information content (AvgIpc) is 3.30. The van der Waals surface area contributed by atoms with E-state index in [9.17, 15) is 27.9 Å². The van der Waals surface area contributed by atoms with Gasteiger partial charge >= 0.3 is 18.1 Å². The van der Waals surface area contributed by atoms with Crippen LogP contribution in [0.5, 0.6) is 0 Å². The van der Waals surface area contributed by atoms with Crippen molar-refractivity contribution in [3.05, 3.63) is 88.0 Å². The molecule has 2 aromatic rings. The van der Waals surface area contributed by atoms with Crippen LogP contribution in [0.4, 0.5) is 27.6 Å². The van der Waals surface area contributed by atoms with Crippen molar-refractivity contribution < 1.29 is 41.4 Å². The van der Waals surface area contributed by atoms with E-state index in [-0.39, 0.29) is 24.5 Å². The van der Waals surface area contributed by atoms with Crippen LogP contribution in [-0.4, -0.2) is 41.7 Å². The summed E-state index contributed by atoms with van der Waals surface area (Å²) < 4.78 is 76.5. The van der Waals surface area contributed by atoms with E-state index in [4.69, 9.17) is 4.74 Å². The number of nitrogens with one attached hydrogen (secondary N) is 1. The van der Waals surface area contributed by atoms with Crippen molar-refractivity contribution in [3.63, 3.8) is 0 Å². The number of aliphatic hydroxyl groups is 1. The normalized spacial score (nSPS) is 29.8. The summed E-state index contributed by atoms with van der Waals surface area (Å²) in [5.41, 5.74) is 1.02. The topological polar surface area (TPSA) is 75.6 Å². The minimum absolute atomic E-state index is 0.0434. The second kappa shape index (κ2) is 11.1. The summed E-state index contributed by atoms with van der Waals surface area (Å²) >= 11 is 0. The van der Waals surface area contributed by atoms with Crippen LogP contribution in [0.15, 0.2) is 71.3 Å². The molecule has 2 saturated carbocycles. The Labute approximate surface area is 258 Å². The van der Waals surface area contributed by atoms with E-state index in [1.165, 1.54) is 14.0 Å². The lowest BCUT2D eigenvalue weighted by Crippen LogP contribution is -2.65. The summed E-state index contributed by atoms with van der Waals surface area (Å²) in [6.07, 6.45) is -2.85. The van der Waals surface area contributed by atoms with Gasteiger partial charge < -0.3 is 15.2 Å². The summed E-state index contributed by atoms with van der Waals surface area (Å²) in [5, 5.41) is 14.7. The number of hydrogen-bond acceptors (Lipinski definition) is 5. The number of esters is 1. The Morgan fingerprint density at radius 2 is 1.69 bits per heavy atom. The van der Waals surface area contributed by atoms with Crippen LogP contribution in [0.25, 0.3) is 0 Å². The molecule has 0 spiro atoms. The van der Waals surface area contributed by atoms with Crippen LogP contribution in [0.3, 0.4) is 0 Å². The third-order valence-corrected chi connectivity index (χ3v) is 10.9. The number of halogens is 5. The monoisotopic (exact) mass is 629 g/mol. The zero-order valence-corrected chi connectivity index (χ0v) is 25.1. The molecule has 2 aromatic carbocycles. The molecule has 0 aliphatic heterocycles. The summed E-state index contributed by atoms with van der Waals surface area (Å²) in [6.45, 7) is 1.88. The molecule has 2 fully saturated rings. The first-order valence-corrected chi connectivity index (χ1v) is 15.3. The SMILES string of the molecule is COC(=O)c1ccc(NCc2ccc([C@H]3CC4(C)C(CC[C@@]4(O)C(F)(F)C(F)(F)F)C4CCC5=CC(=O)CCC5=C43)cc2)cc1. The molecule has 4 aliphatic carbocycles. The summed E-state index contributed by atoms with van der Waals surface area (Å²) in [5.74, 6) is -6.94. The van der Waals surface area contributed by atoms with Crippen molar-refractivity contribution in [3.8, 4) is 0 Å². The third-order valence-electron chi connectivity index (χ3n) is 10.9. The van der Waals surface area contributed by atoms with Crippen LogP contribution in [-0.2, 0) is 16.1 Å². The number of anilines is 1. The van der Waals surface area contributed by atoms with Crippen molar-refractivity contribution in [2.75, 3.05) is 12.4 Å². The van der Waals surface area contributed by atoms with E-state index in [2.05, 4.69) is 5.32 Å². The molecule has 10 heteroatoms.